The maximum atomic E-state index is 11.6. The smallest absolute Gasteiger partial charge is 0.180 e. The van der Waals surface area contributed by atoms with Crippen molar-refractivity contribution in [2.75, 3.05) is 6.54 Å². The predicted octanol–water partition coefficient (Wildman–Crippen LogP) is 1.69. The van der Waals surface area contributed by atoms with Gasteiger partial charge in [0, 0.05) is 0 Å². The summed E-state index contributed by atoms with van der Waals surface area (Å²) in [5, 5.41) is 11.3. The van der Waals surface area contributed by atoms with Gasteiger partial charge in [0.05, 0.1) is 12.1 Å². The van der Waals surface area contributed by atoms with Crippen molar-refractivity contribution < 1.29 is 9.90 Å². The van der Waals surface area contributed by atoms with Crippen LogP contribution >= 0.6 is 0 Å². The molecule has 0 radical (unpaired) electrons. The third kappa shape index (κ3) is 1.57. The highest BCUT2D eigenvalue weighted by atomic mass is 16.3. The first-order valence-corrected chi connectivity index (χ1v) is 4.68. The molecule has 3 N–H and O–H groups in total. The zero-order chi connectivity index (χ0) is 10.8. The summed E-state index contributed by atoms with van der Waals surface area (Å²) in [5.41, 5.74) is 5.62. The molecule has 2 rings (SSSR count). The number of ketones is 1. The summed E-state index contributed by atoms with van der Waals surface area (Å²) < 4.78 is 0. The van der Waals surface area contributed by atoms with Gasteiger partial charge in [-0.2, -0.15) is 0 Å². The molecule has 0 aliphatic carbocycles. The number of rotatable bonds is 2. The molecule has 0 heterocycles. The van der Waals surface area contributed by atoms with Crippen molar-refractivity contribution in [2.45, 2.75) is 0 Å². The number of hydrogen-bond acceptors (Lipinski definition) is 3. The number of phenolic OH excluding ortho intramolecular Hbond substituents is 1. The van der Waals surface area contributed by atoms with Crippen LogP contribution in [-0.4, -0.2) is 17.4 Å². The fourth-order valence-electron chi connectivity index (χ4n) is 1.66. The molecule has 15 heavy (non-hydrogen) atoms. The average Bonchev–Trinajstić information content (AvgIpc) is 2.28. The van der Waals surface area contributed by atoms with Gasteiger partial charge in [0.15, 0.2) is 5.78 Å². The van der Waals surface area contributed by atoms with Gasteiger partial charge in [-0.1, -0.05) is 30.3 Å². The Morgan fingerprint density at radius 3 is 2.67 bits per heavy atom. The highest BCUT2D eigenvalue weighted by molar-refractivity contribution is 6.11. The Bertz CT molecular complexity index is 520. The van der Waals surface area contributed by atoms with E-state index >= 15 is 0 Å². The largest absolute Gasteiger partial charge is 0.507 e. The Balaban J connectivity index is 2.79. The van der Waals surface area contributed by atoms with Gasteiger partial charge >= 0.3 is 0 Å². The van der Waals surface area contributed by atoms with Gasteiger partial charge in [0.25, 0.3) is 0 Å². The van der Waals surface area contributed by atoms with E-state index in [0.29, 0.717) is 5.56 Å². The first-order chi connectivity index (χ1) is 7.24. The number of benzene rings is 2. The lowest BCUT2D eigenvalue weighted by molar-refractivity contribution is 0.100. The van der Waals surface area contributed by atoms with Gasteiger partial charge < -0.3 is 10.8 Å². The first-order valence-electron chi connectivity index (χ1n) is 4.68. The van der Waals surface area contributed by atoms with E-state index in [1.54, 1.807) is 12.1 Å². The summed E-state index contributed by atoms with van der Waals surface area (Å²) in [5.74, 6) is -0.256. The molecule has 0 bridgehead atoms. The highest BCUT2D eigenvalue weighted by Crippen LogP contribution is 2.27. The van der Waals surface area contributed by atoms with Crippen molar-refractivity contribution in [1.82, 2.24) is 0 Å². The SMILES string of the molecule is NCC(=O)c1c(O)ccc2ccccc12. The van der Waals surface area contributed by atoms with Gasteiger partial charge in [-0.15, -0.1) is 0 Å². The van der Waals surface area contributed by atoms with Crippen LogP contribution in [0.5, 0.6) is 5.75 Å². The van der Waals surface area contributed by atoms with E-state index in [0.717, 1.165) is 10.8 Å². The lowest BCUT2D eigenvalue weighted by atomic mass is 10.0. The zero-order valence-corrected chi connectivity index (χ0v) is 8.10. The zero-order valence-electron chi connectivity index (χ0n) is 8.10. The Morgan fingerprint density at radius 1 is 1.20 bits per heavy atom. The molecule has 3 heteroatoms. The van der Waals surface area contributed by atoms with Crippen molar-refractivity contribution in [3.05, 3.63) is 42.0 Å². The van der Waals surface area contributed by atoms with Gasteiger partial charge in [-0.05, 0) is 16.8 Å². The fourth-order valence-corrected chi connectivity index (χ4v) is 1.66. The van der Waals surface area contributed by atoms with Gasteiger partial charge in [-0.25, -0.2) is 0 Å². The summed E-state index contributed by atoms with van der Waals surface area (Å²) >= 11 is 0. The fraction of sp³-hybridized carbons (Fsp3) is 0.0833. The van der Waals surface area contributed by atoms with Crippen LogP contribution in [-0.2, 0) is 0 Å². The predicted molar refractivity (Wildman–Crippen MR) is 59.0 cm³/mol. The van der Waals surface area contributed by atoms with Crippen LogP contribution in [0.4, 0.5) is 0 Å². The average molecular weight is 201 g/mol. The quantitative estimate of drug-likeness (QED) is 0.727. The summed E-state index contributed by atoms with van der Waals surface area (Å²) in [4.78, 5) is 11.6. The standard InChI is InChI=1S/C12H11NO2/c13-7-11(15)12-9-4-2-1-3-8(9)5-6-10(12)14/h1-6,14H,7,13H2. The summed E-state index contributed by atoms with van der Waals surface area (Å²) in [6, 6.07) is 10.7. The Hall–Kier alpha value is -1.87. The third-order valence-corrected chi connectivity index (χ3v) is 2.37. The lowest BCUT2D eigenvalue weighted by Gasteiger charge is -2.06. The molecule has 0 aliphatic rings. The van der Waals surface area contributed by atoms with Crippen LogP contribution in [0.3, 0.4) is 0 Å². The van der Waals surface area contributed by atoms with Crippen molar-refractivity contribution in [3.8, 4) is 5.75 Å². The van der Waals surface area contributed by atoms with E-state index in [-0.39, 0.29) is 18.1 Å². The van der Waals surface area contributed by atoms with Gasteiger partial charge in [0.2, 0.25) is 0 Å². The molecule has 0 saturated heterocycles. The van der Waals surface area contributed by atoms with Crippen molar-refractivity contribution in [2.24, 2.45) is 5.73 Å². The minimum Gasteiger partial charge on any atom is -0.507 e. The minimum atomic E-state index is -0.246. The van der Waals surface area contributed by atoms with Crippen LogP contribution in [0.1, 0.15) is 10.4 Å². The maximum absolute atomic E-state index is 11.6. The molecule has 2 aromatic rings. The molecule has 0 aliphatic heterocycles. The van der Waals surface area contributed by atoms with Crippen LogP contribution in [0, 0.1) is 0 Å². The second kappa shape index (κ2) is 3.71. The number of fused-ring (bicyclic) bond motifs is 1. The summed E-state index contributed by atoms with van der Waals surface area (Å²) in [7, 11) is 0. The summed E-state index contributed by atoms with van der Waals surface area (Å²) in [6.07, 6.45) is 0. The molecule has 0 unspecified atom stereocenters. The Labute approximate surface area is 87.1 Å². The molecule has 0 spiro atoms. The number of carbonyl (C=O) groups is 1. The number of nitrogens with two attached hydrogens (primary N) is 1. The number of carbonyl (C=O) groups excluding carboxylic acids is 1. The molecule has 0 saturated carbocycles. The van der Waals surface area contributed by atoms with E-state index in [9.17, 15) is 9.90 Å². The molecule has 0 fully saturated rings. The molecule has 0 amide bonds. The topological polar surface area (TPSA) is 63.3 Å². The van der Waals surface area contributed by atoms with Crippen molar-refractivity contribution in [3.63, 3.8) is 0 Å². The van der Waals surface area contributed by atoms with Gasteiger partial charge in [-0.3, -0.25) is 4.79 Å². The first kappa shape index (κ1) is 9.68. The Morgan fingerprint density at radius 2 is 1.93 bits per heavy atom. The normalized spacial score (nSPS) is 10.5. The molecule has 0 atom stereocenters. The van der Waals surface area contributed by atoms with Crippen LogP contribution in [0.2, 0.25) is 0 Å². The second-order valence-electron chi connectivity index (χ2n) is 3.31. The number of hydrogen-bond donors (Lipinski definition) is 2. The second-order valence-corrected chi connectivity index (χ2v) is 3.31. The summed E-state index contributed by atoms with van der Waals surface area (Å²) in [6.45, 7) is -0.0957. The Kier molecular flexibility index (Phi) is 2.39. The number of phenols is 1. The van der Waals surface area contributed by atoms with E-state index in [4.69, 9.17) is 5.73 Å². The van der Waals surface area contributed by atoms with Crippen LogP contribution < -0.4 is 5.73 Å². The van der Waals surface area contributed by atoms with E-state index in [1.807, 2.05) is 18.2 Å². The molecule has 76 valence electrons. The molecule has 3 nitrogen and oxygen atoms in total. The number of aromatic hydroxyl groups is 1. The van der Waals surface area contributed by atoms with Crippen LogP contribution in [0.15, 0.2) is 36.4 Å². The van der Waals surface area contributed by atoms with E-state index < -0.39 is 0 Å². The monoisotopic (exact) mass is 201 g/mol. The molecular weight excluding hydrogens is 190 g/mol. The minimum absolute atomic E-state index is 0.0100. The highest BCUT2D eigenvalue weighted by Gasteiger charge is 2.12. The van der Waals surface area contributed by atoms with E-state index in [1.165, 1.54) is 6.07 Å². The third-order valence-electron chi connectivity index (χ3n) is 2.37. The molecule has 2 aromatic carbocycles. The molecule has 0 aromatic heterocycles. The van der Waals surface area contributed by atoms with Crippen LogP contribution in [0.25, 0.3) is 10.8 Å². The van der Waals surface area contributed by atoms with E-state index in [2.05, 4.69) is 0 Å². The van der Waals surface area contributed by atoms with Gasteiger partial charge in [0.1, 0.15) is 5.75 Å². The van der Waals surface area contributed by atoms with Crippen molar-refractivity contribution >= 4 is 16.6 Å². The lowest BCUT2D eigenvalue weighted by Crippen LogP contribution is -2.14. The molecular formula is C12H11NO2. The number of Topliss-reactive ketones (excluding diaryl/α,β-unsaturated/α-hetero) is 1. The van der Waals surface area contributed by atoms with Crippen molar-refractivity contribution in [1.29, 1.82) is 0 Å². The maximum Gasteiger partial charge on any atom is 0.180 e.